The lowest BCUT2D eigenvalue weighted by atomic mass is 9.68. The van der Waals surface area contributed by atoms with Gasteiger partial charge in [0, 0.05) is 12.2 Å². The molecule has 1 aliphatic rings. The van der Waals surface area contributed by atoms with E-state index in [4.69, 9.17) is 4.74 Å². The van der Waals surface area contributed by atoms with Gasteiger partial charge in [0.25, 0.3) is 0 Å². The molecule has 32 heavy (non-hydrogen) atoms. The van der Waals surface area contributed by atoms with Gasteiger partial charge in [0.2, 0.25) is 0 Å². The zero-order valence-electron chi connectivity index (χ0n) is 18.9. The molecule has 0 atom stereocenters. The summed E-state index contributed by atoms with van der Waals surface area (Å²) < 4.78 is 34.1. The van der Waals surface area contributed by atoms with Gasteiger partial charge in [-0.1, -0.05) is 63.3 Å². The first-order chi connectivity index (χ1) is 15.5. The molecule has 1 saturated carbocycles. The van der Waals surface area contributed by atoms with E-state index in [-0.39, 0.29) is 11.9 Å². The summed E-state index contributed by atoms with van der Waals surface area (Å²) in [6.07, 6.45) is 9.49. The van der Waals surface area contributed by atoms with Gasteiger partial charge in [0.05, 0.1) is 11.5 Å². The number of carbonyl (C=O) groups is 1. The van der Waals surface area contributed by atoms with Crippen molar-refractivity contribution in [2.24, 2.45) is 0 Å². The van der Waals surface area contributed by atoms with E-state index < -0.39 is 17.2 Å². The van der Waals surface area contributed by atoms with E-state index in [0.29, 0.717) is 42.4 Å². The Morgan fingerprint density at radius 3 is 2.28 bits per heavy atom. The molecular formula is C27H34F2O3. The first kappa shape index (κ1) is 24.4. The highest BCUT2D eigenvalue weighted by molar-refractivity contribution is 5.82. The van der Waals surface area contributed by atoms with Crippen LogP contribution in [0.1, 0.15) is 76.7 Å². The first-order valence-electron chi connectivity index (χ1n) is 11.9. The normalized spacial score (nSPS) is 20.9. The molecule has 0 aromatic heterocycles. The van der Waals surface area contributed by atoms with Gasteiger partial charge < -0.3 is 9.84 Å². The van der Waals surface area contributed by atoms with E-state index in [0.717, 1.165) is 13.0 Å². The van der Waals surface area contributed by atoms with Crippen molar-refractivity contribution in [1.82, 2.24) is 0 Å². The van der Waals surface area contributed by atoms with Crippen molar-refractivity contribution in [1.29, 1.82) is 0 Å². The average Bonchev–Trinajstić information content (AvgIpc) is 2.79. The summed E-state index contributed by atoms with van der Waals surface area (Å²) in [5.74, 6) is -1.79. The summed E-state index contributed by atoms with van der Waals surface area (Å²) in [7, 11) is 0. The number of ether oxygens (including phenoxy) is 1. The second kappa shape index (κ2) is 11.6. The smallest absolute Gasteiger partial charge is 0.314 e. The third-order valence-corrected chi connectivity index (χ3v) is 6.72. The standard InChI is InChI=1S/C27H34F2O3/c1-2-3-4-5-6-7-18-32-23-14-16-27(17-15-23,26(30)31)21-10-13-24(25(29)19-21)20-8-11-22(28)12-9-20/h8-13,19,23H,2-7,14-18H2,1H3,(H,30,31). The van der Waals surface area contributed by atoms with Crippen molar-refractivity contribution in [3.8, 4) is 11.1 Å². The van der Waals surface area contributed by atoms with Crippen LogP contribution in [0.2, 0.25) is 0 Å². The van der Waals surface area contributed by atoms with Gasteiger partial charge in [-0.15, -0.1) is 0 Å². The molecular weight excluding hydrogens is 410 g/mol. The molecule has 5 heteroatoms. The maximum absolute atomic E-state index is 14.9. The molecule has 1 N–H and O–H groups in total. The Morgan fingerprint density at radius 1 is 1.00 bits per heavy atom. The maximum atomic E-state index is 14.9. The Hall–Kier alpha value is -2.27. The van der Waals surface area contributed by atoms with Crippen LogP contribution in [-0.2, 0) is 14.9 Å². The number of carboxylic acids is 1. The third-order valence-electron chi connectivity index (χ3n) is 6.72. The summed E-state index contributed by atoms with van der Waals surface area (Å²) in [6, 6.07) is 10.3. The topological polar surface area (TPSA) is 46.5 Å². The highest BCUT2D eigenvalue weighted by Crippen LogP contribution is 2.42. The van der Waals surface area contributed by atoms with Crippen LogP contribution in [0.25, 0.3) is 11.1 Å². The van der Waals surface area contributed by atoms with Crippen LogP contribution in [0.4, 0.5) is 8.78 Å². The lowest BCUT2D eigenvalue weighted by molar-refractivity contribution is -0.146. The van der Waals surface area contributed by atoms with Crippen LogP contribution in [0, 0.1) is 11.6 Å². The second-order valence-corrected chi connectivity index (χ2v) is 8.93. The minimum Gasteiger partial charge on any atom is -0.481 e. The van der Waals surface area contributed by atoms with E-state index >= 15 is 0 Å². The Kier molecular flexibility index (Phi) is 8.80. The Morgan fingerprint density at radius 2 is 1.66 bits per heavy atom. The number of halogens is 2. The predicted octanol–water partition coefficient (Wildman–Crippen LogP) is 7.27. The van der Waals surface area contributed by atoms with Gasteiger partial charge in [0.1, 0.15) is 11.6 Å². The number of benzene rings is 2. The molecule has 2 aromatic carbocycles. The lowest BCUT2D eigenvalue weighted by Gasteiger charge is -2.37. The van der Waals surface area contributed by atoms with Crippen LogP contribution in [0.15, 0.2) is 42.5 Å². The number of unbranched alkanes of at least 4 members (excludes halogenated alkanes) is 5. The molecule has 0 amide bonds. The fourth-order valence-corrected chi connectivity index (χ4v) is 4.69. The zero-order valence-corrected chi connectivity index (χ0v) is 18.9. The van der Waals surface area contributed by atoms with Gasteiger partial charge in [-0.2, -0.15) is 0 Å². The summed E-state index contributed by atoms with van der Waals surface area (Å²) in [6.45, 7) is 2.93. The van der Waals surface area contributed by atoms with E-state index in [1.807, 2.05) is 0 Å². The van der Waals surface area contributed by atoms with Crippen LogP contribution in [-0.4, -0.2) is 23.8 Å². The highest BCUT2D eigenvalue weighted by atomic mass is 19.1. The molecule has 3 nitrogen and oxygen atoms in total. The predicted molar refractivity (Wildman–Crippen MR) is 123 cm³/mol. The molecule has 0 aliphatic heterocycles. The van der Waals surface area contributed by atoms with E-state index in [1.54, 1.807) is 12.1 Å². The van der Waals surface area contributed by atoms with Gasteiger partial charge in [-0.05, 0) is 61.4 Å². The Labute approximate surface area is 189 Å². The summed E-state index contributed by atoms with van der Waals surface area (Å²) >= 11 is 0. The van der Waals surface area contributed by atoms with Gasteiger partial charge in [0.15, 0.2) is 0 Å². The molecule has 0 bridgehead atoms. The van der Waals surface area contributed by atoms with Crippen LogP contribution >= 0.6 is 0 Å². The fourth-order valence-electron chi connectivity index (χ4n) is 4.69. The molecule has 0 spiro atoms. The summed E-state index contributed by atoms with van der Waals surface area (Å²) in [5.41, 5.74) is 0.293. The van der Waals surface area contributed by atoms with E-state index in [2.05, 4.69) is 6.92 Å². The quantitative estimate of drug-likeness (QED) is 0.371. The molecule has 0 radical (unpaired) electrons. The molecule has 174 valence electrons. The van der Waals surface area contributed by atoms with Gasteiger partial charge >= 0.3 is 5.97 Å². The van der Waals surface area contributed by atoms with Crippen molar-refractivity contribution in [3.63, 3.8) is 0 Å². The Balaban J connectivity index is 1.60. The molecule has 1 aliphatic carbocycles. The molecule has 0 unspecified atom stereocenters. The van der Waals surface area contributed by atoms with Crippen LogP contribution in [0.5, 0.6) is 0 Å². The monoisotopic (exact) mass is 444 g/mol. The first-order valence-corrected chi connectivity index (χ1v) is 11.9. The van der Waals surface area contributed by atoms with E-state index in [1.165, 1.54) is 62.4 Å². The maximum Gasteiger partial charge on any atom is 0.314 e. The number of hydrogen-bond acceptors (Lipinski definition) is 2. The minimum atomic E-state index is -1.10. The number of carboxylic acid groups (broad SMARTS) is 1. The highest BCUT2D eigenvalue weighted by Gasteiger charge is 2.44. The van der Waals surface area contributed by atoms with Crippen LogP contribution < -0.4 is 0 Å². The van der Waals surface area contributed by atoms with Crippen LogP contribution in [0.3, 0.4) is 0 Å². The van der Waals surface area contributed by atoms with Crippen molar-refractivity contribution in [3.05, 3.63) is 59.7 Å². The van der Waals surface area contributed by atoms with Crippen molar-refractivity contribution >= 4 is 5.97 Å². The van der Waals surface area contributed by atoms with Gasteiger partial charge in [-0.3, -0.25) is 4.79 Å². The Bertz CT molecular complexity index is 871. The number of hydrogen-bond donors (Lipinski definition) is 1. The summed E-state index contributed by atoms with van der Waals surface area (Å²) in [5, 5.41) is 10.0. The third kappa shape index (κ3) is 5.94. The largest absolute Gasteiger partial charge is 0.481 e. The van der Waals surface area contributed by atoms with Crippen molar-refractivity contribution in [2.45, 2.75) is 82.7 Å². The fraction of sp³-hybridized carbons (Fsp3) is 0.519. The number of rotatable bonds is 11. The second-order valence-electron chi connectivity index (χ2n) is 8.93. The SMILES string of the molecule is CCCCCCCCOC1CCC(C(=O)O)(c2ccc(-c3ccc(F)cc3)c(F)c2)CC1. The lowest BCUT2D eigenvalue weighted by Crippen LogP contribution is -2.41. The van der Waals surface area contributed by atoms with Crippen molar-refractivity contribution < 1.29 is 23.4 Å². The van der Waals surface area contributed by atoms with Gasteiger partial charge in [-0.25, -0.2) is 8.78 Å². The zero-order chi connectivity index (χ0) is 23.0. The molecule has 0 heterocycles. The number of aliphatic carboxylic acids is 1. The van der Waals surface area contributed by atoms with Crippen molar-refractivity contribution in [2.75, 3.05) is 6.61 Å². The molecule has 3 rings (SSSR count). The molecule has 1 fully saturated rings. The summed E-state index contributed by atoms with van der Waals surface area (Å²) in [4.78, 5) is 12.3. The minimum absolute atomic E-state index is 0.0708. The molecule has 0 saturated heterocycles. The van der Waals surface area contributed by atoms with E-state index in [9.17, 15) is 18.7 Å². The average molecular weight is 445 g/mol. The molecule has 2 aromatic rings.